The second-order valence-electron chi connectivity index (χ2n) is 4.75. The fourth-order valence-electron chi connectivity index (χ4n) is 2.36. The average molecular weight is 306 g/mol. The van der Waals surface area contributed by atoms with Crippen molar-refractivity contribution in [2.24, 2.45) is 0 Å². The SMILES string of the molecule is Fc1cccc(CN2CCC(OCCCl)CC2)c1Cl. The quantitative estimate of drug-likeness (QED) is 0.769. The molecule has 0 saturated carbocycles. The molecule has 0 unspecified atom stereocenters. The first-order valence-electron chi connectivity index (χ1n) is 6.53. The monoisotopic (exact) mass is 305 g/mol. The van der Waals surface area contributed by atoms with Crippen molar-refractivity contribution in [3.63, 3.8) is 0 Å². The van der Waals surface area contributed by atoms with E-state index in [-0.39, 0.29) is 10.8 Å². The van der Waals surface area contributed by atoms with Crippen LogP contribution in [0.1, 0.15) is 18.4 Å². The van der Waals surface area contributed by atoms with Gasteiger partial charge in [0.05, 0.1) is 17.7 Å². The van der Waals surface area contributed by atoms with Gasteiger partial charge in [0.25, 0.3) is 0 Å². The molecule has 19 heavy (non-hydrogen) atoms. The van der Waals surface area contributed by atoms with Crippen LogP contribution in [0.2, 0.25) is 5.02 Å². The van der Waals surface area contributed by atoms with Crippen molar-refractivity contribution in [2.45, 2.75) is 25.5 Å². The minimum absolute atomic E-state index is 0.239. The lowest BCUT2D eigenvalue weighted by molar-refractivity contribution is 0.0134. The van der Waals surface area contributed by atoms with Gasteiger partial charge in [-0.3, -0.25) is 4.90 Å². The fraction of sp³-hybridized carbons (Fsp3) is 0.571. The van der Waals surface area contributed by atoms with Crippen LogP contribution < -0.4 is 0 Å². The van der Waals surface area contributed by atoms with Gasteiger partial charge in [-0.1, -0.05) is 23.7 Å². The van der Waals surface area contributed by atoms with Crippen LogP contribution in [-0.2, 0) is 11.3 Å². The standard InChI is InChI=1S/C14H18Cl2FNO/c15-6-9-19-12-4-7-18(8-5-12)10-11-2-1-3-13(17)14(11)16/h1-3,12H,4-10H2. The van der Waals surface area contributed by atoms with Gasteiger partial charge >= 0.3 is 0 Å². The lowest BCUT2D eigenvalue weighted by Gasteiger charge is -2.32. The molecular formula is C14H18Cl2FNO. The van der Waals surface area contributed by atoms with Crippen molar-refractivity contribution in [1.82, 2.24) is 4.90 Å². The van der Waals surface area contributed by atoms with E-state index in [0.29, 0.717) is 25.1 Å². The molecule has 0 bridgehead atoms. The summed E-state index contributed by atoms with van der Waals surface area (Å²) < 4.78 is 19.0. The third-order valence-corrected chi connectivity index (χ3v) is 3.97. The molecule has 2 nitrogen and oxygen atoms in total. The van der Waals surface area contributed by atoms with Crippen molar-refractivity contribution >= 4 is 23.2 Å². The molecule has 0 atom stereocenters. The molecule has 1 aliphatic heterocycles. The molecule has 0 spiro atoms. The number of hydrogen-bond donors (Lipinski definition) is 0. The molecule has 0 aliphatic carbocycles. The van der Waals surface area contributed by atoms with Crippen LogP contribution in [-0.4, -0.2) is 36.6 Å². The van der Waals surface area contributed by atoms with Crippen LogP contribution in [0.25, 0.3) is 0 Å². The molecule has 5 heteroatoms. The highest BCUT2D eigenvalue weighted by Gasteiger charge is 2.20. The zero-order valence-corrected chi connectivity index (χ0v) is 12.3. The Bertz CT molecular complexity index is 408. The highest BCUT2D eigenvalue weighted by atomic mass is 35.5. The molecule has 0 amide bonds. The Labute approximate surface area is 123 Å². The molecule has 1 aromatic carbocycles. The van der Waals surface area contributed by atoms with E-state index in [1.165, 1.54) is 6.07 Å². The Balaban J connectivity index is 1.84. The van der Waals surface area contributed by atoms with E-state index in [2.05, 4.69) is 4.90 Å². The summed E-state index contributed by atoms with van der Waals surface area (Å²) in [5.41, 5.74) is 0.849. The van der Waals surface area contributed by atoms with Gasteiger partial charge in [0.15, 0.2) is 0 Å². The van der Waals surface area contributed by atoms with Crippen molar-refractivity contribution < 1.29 is 9.13 Å². The van der Waals surface area contributed by atoms with Crippen LogP contribution in [0.5, 0.6) is 0 Å². The molecular weight excluding hydrogens is 288 g/mol. The maximum atomic E-state index is 13.4. The molecule has 0 N–H and O–H groups in total. The first-order chi connectivity index (χ1) is 9.20. The van der Waals surface area contributed by atoms with Gasteiger partial charge in [0.1, 0.15) is 5.82 Å². The summed E-state index contributed by atoms with van der Waals surface area (Å²) >= 11 is 11.6. The summed E-state index contributed by atoms with van der Waals surface area (Å²) in [6.07, 6.45) is 2.28. The van der Waals surface area contributed by atoms with E-state index in [9.17, 15) is 4.39 Å². The third kappa shape index (κ3) is 4.32. The largest absolute Gasteiger partial charge is 0.377 e. The first-order valence-corrected chi connectivity index (χ1v) is 7.44. The zero-order chi connectivity index (χ0) is 13.7. The number of likely N-dealkylation sites (tertiary alicyclic amines) is 1. The normalized spacial score (nSPS) is 17.8. The maximum Gasteiger partial charge on any atom is 0.142 e. The minimum Gasteiger partial charge on any atom is -0.377 e. The molecule has 106 valence electrons. The lowest BCUT2D eigenvalue weighted by Crippen LogP contribution is -2.36. The van der Waals surface area contributed by atoms with E-state index in [1.807, 2.05) is 6.07 Å². The fourth-order valence-corrected chi connectivity index (χ4v) is 2.63. The van der Waals surface area contributed by atoms with Gasteiger partial charge in [-0.2, -0.15) is 0 Å². The summed E-state index contributed by atoms with van der Waals surface area (Å²) in [5.74, 6) is 0.193. The molecule has 0 radical (unpaired) electrons. The van der Waals surface area contributed by atoms with Gasteiger partial charge in [-0.15, -0.1) is 11.6 Å². The Morgan fingerprint density at radius 3 is 2.74 bits per heavy atom. The number of nitrogens with zero attached hydrogens (tertiary/aromatic N) is 1. The maximum absolute atomic E-state index is 13.4. The van der Waals surface area contributed by atoms with E-state index >= 15 is 0 Å². The van der Waals surface area contributed by atoms with Crippen molar-refractivity contribution in [2.75, 3.05) is 25.6 Å². The first kappa shape index (κ1) is 15.0. The van der Waals surface area contributed by atoms with Crippen molar-refractivity contribution in [1.29, 1.82) is 0 Å². The smallest absolute Gasteiger partial charge is 0.142 e. The summed E-state index contributed by atoms with van der Waals surface area (Å²) in [4.78, 5) is 2.28. The van der Waals surface area contributed by atoms with E-state index < -0.39 is 0 Å². The molecule has 1 saturated heterocycles. The van der Waals surface area contributed by atoms with E-state index in [0.717, 1.165) is 31.5 Å². The van der Waals surface area contributed by atoms with Gasteiger partial charge in [0, 0.05) is 25.5 Å². The highest BCUT2D eigenvalue weighted by Crippen LogP contribution is 2.23. The van der Waals surface area contributed by atoms with E-state index in [4.69, 9.17) is 27.9 Å². The second kappa shape index (κ2) is 7.44. The number of alkyl halides is 1. The molecule has 1 fully saturated rings. The van der Waals surface area contributed by atoms with Crippen LogP contribution in [0, 0.1) is 5.82 Å². The summed E-state index contributed by atoms with van der Waals surface area (Å²) in [6, 6.07) is 4.96. The Morgan fingerprint density at radius 2 is 2.05 bits per heavy atom. The van der Waals surface area contributed by atoms with Crippen LogP contribution >= 0.6 is 23.2 Å². The Kier molecular flexibility index (Phi) is 5.89. The van der Waals surface area contributed by atoms with Crippen LogP contribution in [0.3, 0.4) is 0 Å². The highest BCUT2D eigenvalue weighted by molar-refractivity contribution is 6.31. The Morgan fingerprint density at radius 1 is 1.32 bits per heavy atom. The minimum atomic E-state index is -0.348. The topological polar surface area (TPSA) is 12.5 Å². The molecule has 1 aliphatic rings. The van der Waals surface area contributed by atoms with Gasteiger partial charge in [0.2, 0.25) is 0 Å². The summed E-state index contributed by atoms with van der Waals surface area (Å²) in [6.45, 7) is 3.19. The van der Waals surface area contributed by atoms with E-state index in [1.54, 1.807) is 6.07 Å². The van der Waals surface area contributed by atoms with Crippen molar-refractivity contribution in [3.8, 4) is 0 Å². The third-order valence-electron chi connectivity index (χ3n) is 3.39. The number of ether oxygens (including phenoxy) is 1. The number of halogens is 3. The predicted octanol–water partition coefficient (Wildman–Crippen LogP) is 3.70. The lowest BCUT2D eigenvalue weighted by atomic mass is 10.1. The average Bonchev–Trinajstić information content (AvgIpc) is 2.43. The summed E-state index contributed by atoms with van der Waals surface area (Å²) in [5, 5.41) is 0.239. The van der Waals surface area contributed by atoms with Crippen LogP contribution in [0.15, 0.2) is 18.2 Å². The molecule has 0 aromatic heterocycles. The zero-order valence-electron chi connectivity index (χ0n) is 10.7. The number of benzene rings is 1. The second-order valence-corrected chi connectivity index (χ2v) is 5.50. The Hall–Kier alpha value is -0.350. The molecule has 1 aromatic rings. The van der Waals surface area contributed by atoms with Gasteiger partial charge < -0.3 is 4.74 Å². The van der Waals surface area contributed by atoms with Crippen LogP contribution in [0.4, 0.5) is 4.39 Å². The van der Waals surface area contributed by atoms with Crippen molar-refractivity contribution in [3.05, 3.63) is 34.6 Å². The number of rotatable bonds is 5. The summed E-state index contributed by atoms with van der Waals surface area (Å²) in [7, 11) is 0. The number of piperidine rings is 1. The molecule has 2 rings (SSSR count). The molecule has 1 heterocycles. The van der Waals surface area contributed by atoms with Gasteiger partial charge in [-0.05, 0) is 24.5 Å². The number of hydrogen-bond acceptors (Lipinski definition) is 2. The van der Waals surface area contributed by atoms with Gasteiger partial charge in [-0.25, -0.2) is 4.39 Å². The predicted molar refractivity (Wildman–Crippen MR) is 76.4 cm³/mol.